The summed E-state index contributed by atoms with van der Waals surface area (Å²) in [6, 6.07) is 5.75. The minimum Gasteiger partial charge on any atom is -0.492 e. The third-order valence-corrected chi connectivity index (χ3v) is 5.88. The topological polar surface area (TPSA) is 48.0 Å². The molecule has 1 unspecified atom stereocenters. The lowest BCUT2D eigenvalue weighted by molar-refractivity contribution is 0.0298. The highest BCUT2D eigenvalue weighted by Crippen LogP contribution is 2.22. The number of nitrogens with one attached hydrogen (secondary N) is 1. The third-order valence-electron chi connectivity index (χ3n) is 5.64. The highest BCUT2D eigenvalue weighted by Gasteiger charge is 2.25. The van der Waals surface area contributed by atoms with Crippen LogP contribution in [0.1, 0.15) is 18.4 Å². The van der Waals surface area contributed by atoms with Crippen molar-refractivity contribution in [1.29, 1.82) is 0 Å². The largest absolute Gasteiger partial charge is 0.492 e. The van der Waals surface area contributed by atoms with Crippen LogP contribution in [0.2, 0.25) is 5.02 Å². The molecule has 6 heteroatoms. The molecular weight excluding hydrogens is 350 g/mol. The number of piperazine rings is 1. The van der Waals surface area contributed by atoms with Gasteiger partial charge in [0.05, 0.1) is 6.10 Å². The van der Waals surface area contributed by atoms with Crippen molar-refractivity contribution < 1.29 is 9.84 Å². The van der Waals surface area contributed by atoms with Crippen molar-refractivity contribution in [3.63, 3.8) is 0 Å². The molecule has 0 aliphatic carbocycles. The van der Waals surface area contributed by atoms with E-state index < -0.39 is 0 Å². The van der Waals surface area contributed by atoms with Crippen molar-refractivity contribution in [2.24, 2.45) is 5.92 Å². The van der Waals surface area contributed by atoms with Gasteiger partial charge in [-0.2, -0.15) is 0 Å². The van der Waals surface area contributed by atoms with Crippen molar-refractivity contribution in [3.05, 3.63) is 28.8 Å². The quantitative estimate of drug-likeness (QED) is 0.756. The Hall–Kier alpha value is -0.850. The highest BCUT2D eigenvalue weighted by molar-refractivity contribution is 6.30. The molecule has 26 heavy (non-hydrogen) atoms. The molecule has 2 fully saturated rings. The van der Waals surface area contributed by atoms with E-state index in [9.17, 15) is 5.11 Å². The number of aliphatic hydroxyl groups is 1. The number of aryl methyl sites for hydroxylation is 1. The van der Waals surface area contributed by atoms with Crippen LogP contribution in [0.25, 0.3) is 0 Å². The molecular formula is C20H32ClN3O2. The van der Waals surface area contributed by atoms with Crippen LogP contribution in [0.3, 0.4) is 0 Å². The number of aliphatic hydroxyl groups excluding tert-OH is 1. The van der Waals surface area contributed by atoms with Gasteiger partial charge in [-0.25, -0.2) is 0 Å². The van der Waals surface area contributed by atoms with Crippen LogP contribution in [0.5, 0.6) is 5.75 Å². The van der Waals surface area contributed by atoms with Gasteiger partial charge in [-0.15, -0.1) is 0 Å². The van der Waals surface area contributed by atoms with Gasteiger partial charge in [0.25, 0.3) is 0 Å². The molecule has 2 aliphatic heterocycles. The Morgan fingerprint density at radius 2 is 1.88 bits per heavy atom. The van der Waals surface area contributed by atoms with Gasteiger partial charge in [0.2, 0.25) is 0 Å². The lowest BCUT2D eigenvalue weighted by atomic mass is 9.92. The first-order chi connectivity index (χ1) is 12.6. The lowest BCUT2D eigenvalue weighted by Gasteiger charge is -2.37. The van der Waals surface area contributed by atoms with E-state index in [1.54, 1.807) is 0 Å². The Morgan fingerprint density at radius 3 is 2.58 bits per heavy atom. The Bertz CT molecular complexity index is 558. The molecule has 1 aromatic carbocycles. The molecule has 2 saturated heterocycles. The summed E-state index contributed by atoms with van der Waals surface area (Å²) in [5.74, 6) is 1.38. The molecule has 0 amide bonds. The van der Waals surface area contributed by atoms with E-state index in [0.29, 0.717) is 12.5 Å². The van der Waals surface area contributed by atoms with E-state index in [-0.39, 0.29) is 6.10 Å². The average molecular weight is 382 g/mol. The molecule has 2 aliphatic rings. The summed E-state index contributed by atoms with van der Waals surface area (Å²) in [5.41, 5.74) is 1.08. The minimum absolute atomic E-state index is 0.181. The number of halogens is 1. The van der Waals surface area contributed by atoms with Crippen molar-refractivity contribution in [3.8, 4) is 5.75 Å². The van der Waals surface area contributed by atoms with E-state index in [1.165, 1.54) is 0 Å². The highest BCUT2D eigenvalue weighted by atomic mass is 35.5. The fourth-order valence-electron chi connectivity index (χ4n) is 3.90. The first kappa shape index (κ1) is 19.9. The number of ether oxygens (including phenoxy) is 1. The summed E-state index contributed by atoms with van der Waals surface area (Å²) in [4.78, 5) is 4.85. The zero-order chi connectivity index (χ0) is 18.4. The Labute approximate surface area is 162 Å². The van der Waals surface area contributed by atoms with E-state index in [0.717, 1.165) is 81.5 Å². The fourth-order valence-corrected chi connectivity index (χ4v) is 4.12. The molecule has 5 nitrogen and oxygen atoms in total. The van der Waals surface area contributed by atoms with Crippen molar-refractivity contribution >= 4 is 11.6 Å². The van der Waals surface area contributed by atoms with Crippen LogP contribution < -0.4 is 10.1 Å². The van der Waals surface area contributed by atoms with Gasteiger partial charge < -0.3 is 15.2 Å². The normalized spacial score (nSPS) is 21.7. The van der Waals surface area contributed by atoms with Gasteiger partial charge in [0, 0.05) is 44.3 Å². The Balaban J connectivity index is 1.33. The maximum atomic E-state index is 10.5. The zero-order valence-corrected chi connectivity index (χ0v) is 16.5. The second kappa shape index (κ2) is 9.90. The average Bonchev–Trinajstić information content (AvgIpc) is 2.65. The summed E-state index contributed by atoms with van der Waals surface area (Å²) in [5, 5.41) is 14.6. The van der Waals surface area contributed by atoms with Crippen molar-refractivity contribution in [2.75, 3.05) is 59.0 Å². The zero-order valence-electron chi connectivity index (χ0n) is 15.8. The van der Waals surface area contributed by atoms with Crippen LogP contribution in [0.15, 0.2) is 18.2 Å². The first-order valence-corrected chi connectivity index (χ1v) is 10.2. The summed E-state index contributed by atoms with van der Waals surface area (Å²) in [6.07, 6.45) is 2.02. The molecule has 1 atom stereocenters. The fraction of sp³-hybridized carbons (Fsp3) is 0.700. The predicted molar refractivity (Wildman–Crippen MR) is 106 cm³/mol. The number of nitrogens with zero attached hydrogens (tertiary/aromatic N) is 2. The second-order valence-electron chi connectivity index (χ2n) is 7.56. The van der Waals surface area contributed by atoms with Crippen LogP contribution in [0, 0.1) is 12.8 Å². The minimum atomic E-state index is -0.181. The Kier molecular flexibility index (Phi) is 7.58. The number of hydrogen-bond donors (Lipinski definition) is 2. The van der Waals surface area contributed by atoms with Crippen LogP contribution in [-0.4, -0.2) is 80.0 Å². The van der Waals surface area contributed by atoms with E-state index >= 15 is 0 Å². The third kappa shape index (κ3) is 5.83. The molecule has 2 heterocycles. The van der Waals surface area contributed by atoms with Crippen LogP contribution >= 0.6 is 11.6 Å². The molecule has 3 rings (SSSR count). The monoisotopic (exact) mass is 381 g/mol. The first-order valence-electron chi connectivity index (χ1n) is 9.84. The molecule has 2 N–H and O–H groups in total. The van der Waals surface area contributed by atoms with Gasteiger partial charge in [-0.3, -0.25) is 9.80 Å². The Morgan fingerprint density at radius 1 is 1.19 bits per heavy atom. The van der Waals surface area contributed by atoms with Gasteiger partial charge in [0.1, 0.15) is 12.4 Å². The predicted octanol–water partition coefficient (Wildman–Crippen LogP) is 2.01. The van der Waals surface area contributed by atoms with E-state index in [4.69, 9.17) is 16.3 Å². The molecule has 146 valence electrons. The summed E-state index contributed by atoms with van der Waals surface area (Å²) >= 11 is 5.98. The van der Waals surface area contributed by atoms with Crippen LogP contribution in [-0.2, 0) is 0 Å². The maximum absolute atomic E-state index is 10.5. The maximum Gasteiger partial charge on any atom is 0.122 e. The molecule has 0 aromatic heterocycles. The van der Waals surface area contributed by atoms with E-state index in [2.05, 4.69) is 15.1 Å². The van der Waals surface area contributed by atoms with Gasteiger partial charge >= 0.3 is 0 Å². The molecule has 0 bridgehead atoms. The molecule has 0 saturated carbocycles. The van der Waals surface area contributed by atoms with Gasteiger partial charge in [-0.1, -0.05) is 11.6 Å². The van der Waals surface area contributed by atoms with Gasteiger partial charge in [-0.05, 0) is 62.5 Å². The van der Waals surface area contributed by atoms with Crippen molar-refractivity contribution in [1.82, 2.24) is 15.1 Å². The van der Waals surface area contributed by atoms with Crippen LogP contribution in [0.4, 0.5) is 0 Å². The number of hydrogen-bond acceptors (Lipinski definition) is 5. The number of β-amino-alcohol motifs (C(OH)–C–C–N with tert-alkyl or cyclic N) is 1. The van der Waals surface area contributed by atoms with Crippen molar-refractivity contribution in [2.45, 2.75) is 25.9 Å². The van der Waals surface area contributed by atoms with Gasteiger partial charge in [0.15, 0.2) is 0 Å². The molecule has 1 aromatic rings. The number of benzene rings is 1. The summed E-state index contributed by atoms with van der Waals surface area (Å²) in [6.45, 7) is 10.7. The number of piperidine rings is 1. The summed E-state index contributed by atoms with van der Waals surface area (Å²) < 4.78 is 5.91. The number of rotatable bonds is 7. The molecule has 0 spiro atoms. The molecule has 0 radical (unpaired) electrons. The standard InChI is InChI=1S/C20H32ClN3O2/c1-16-14-18(21)2-3-20(16)26-13-12-23-8-10-24(11-9-23)15-19(25)17-4-6-22-7-5-17/h2-3,14,17,19,22,25H,4-13,15H2,1H3. The SMILES string of the molecule is Cc1cc(Cl)ccc1OCCN1CCN(CC(O)C2CCNCC2)CC1. The second-order valence-corrected chi connectivity index (χ2v) is 7.99. The lowest BCUT2D eigenvalue weighted by Crippen LogP contribution is -2.50. The smallest absolute Gasteiger partial charge is 0.122 e. The summed E-state index contributed by atoms with van der Waals surface area (Å²) in [7, 11) is 0. The van der Waals surface area contributed by atoms with E-state index in [1.807, 2.05) is 25.1 Å².